The molecule has 0 aliphatic carbocycles. The maximum atomic E-state index is 4.30. The molecular formula is C25H29N. The molecule has 0 heterocycles. The Kier molecular flexibility index (Phi) is 5.46. The van der Waals surface area contributed by atoms with Gasteiger partial charge in [0, 0.05) is 17.7 Å². The van der Waals surface area contributed by atoms with Crippen LogP contribution < -0.4 is 5.32 Å². The van der Waals surface area contributed by atoms with Crippen molar-refractivity contribution in [2.75, 3.05) is 6.54 Å². The van der Waals surface area contributed by atoms with Crippen molar-refractivity contribution in [3.63, 3.8) is 0 Å². The molecule has 3 aromatic rings. The van der Waals surface area contributed by atoms with E-state index in [2.05, 4.69) is 99.4 Å². The van der Waals surface area contributed by atoms with Gasteiger partial charge >= 0.3 is 0 Å². The topological polar surface area (TPSA) is 12.0 Å². The van der Waals surface area contributed by atoms with Crippen LogP contribution in [0, 0.1) is 6.92 Å². The van der Waals surface area contributed by atoms with Crippen molar-refractivity contribution < 1.29 is 0 Å². The van der Waals surface area contributed by atoms with Gasteiger partial charge in [0.15, 0.2) is 0 Å². The van der Waals surface area contributed by atoms with Gasteiger partial charge in [-0.15, -0.1) is 0 Å². The number of hydrogen-bond acceptors (Lipinski definition) is 1. The average Bonchev–Trinajstić information content (AvgIpc) is 2.69. The van der Waals surface area contributed by atoms with Gasteiger partial charge in [0.05, 0.1) is 0 Å². The maximum absolute atomic E-state index is 4.30. The lowest BCUT2D eigenvalue weighted by molar-refractivity contribution is 0.392. The van der Waals surface area contributed by atoms with E-state index in [1.807, 2.05) is 0 Å². The molecule has 1 nitrogen and oxygen atoms in total. The predicted octanol–water partition coefficient (Wildman–Crippen LogP) is 6.47. The third-order valence-corrected chi connectivity index (χ3v) is 5.82. The Balaban J connectivity index is 1.93. The van der Waals surface area contributed by atoms with Crippen LogP contribution in [0.4, 0.5) is 0 Å². The fraction of sp³-hybridized carbons (Fsp3) is 0.280. The lowest BCUT2D eigenvalue weighted by Crippen LogP contribution is -2.36. The summed E-state index contributed by atoms with van der Waals surface area (Å²) in [5.74, 6) is 0. The standard InChI is InChI=1S/C25H29N/c1-5-25(6-2,18-26-20(4)22-15-9-7-12-19(22)3)24-17-11-14-21-13-8-10-16-23(21)24/h7-17,26H,4-6,18H2,1-3H3. The minimum atomic E-state index is 0.0898. The van der Waals surface area contributed by atoms with Gasteiger partial charge < -0.3 is 5.32 Å². The monoisotopic (exact) mass is 343 g/mol. The van der Waals surface area contributed by atoms with Gasteiger partial charge in [-0.25, -0.2) is 0 Å². The first-order valence-corrected chi connectivity index (χ1v) is 9.58. The van der Waals surface area contributed by atoms with Crippen LogP contribution in [0.15, 0.2) is 73.3 Å². The molecule has 1 heteroatoms. The van der Waals surface area contributed by atoms with Gasteiger partial charge in [0.25, 0.3) is 0 Å². The molecule has 0 saturated carbocycles. The first kappa shape index (κ1) is 18.3. The van der Waals surface area contributed by atoms with E-state index in [9.17, 15) is 0 Å². The Morgan fingerprint density at radius 2 is 1.54 bits per heavy atom. The van der Waals surface area contributed by atoms with Crippen LogP contribution in [0.5, 0.6) is 0 Å². The van der Waals surface area contributed by atoms with E-state index in [1.54, 1.807) is 0 Å². The molecule has 0 amide bonds. The van der Waals surface area contributed by atoms with Crippen molar-refractivity contribution in [2.24, 2.45) is 0 Å². The van der Waals surface area contributed by atoms with Crippen molar-refractivity contribution in [1.29, 1.82) is 0 Å². The Bertz CT molecular complexity index is 897. The van der Waals surface area contributed by atoms with Crippen LogP contribution in [0.2, 0.25) is 0 Å². The Morgan fingerprint density at radius 3 is 2.27 bits per heavy atom. The highest BCUT2D eigenvalue weighted by molar-refractivity contribution is 5.86. The molecule has 0 bridgehead atoms. The second-order valence-electron chi connectivity index (χ2n) is 7.16. The Morgan fingerprint density at radius 1 is 0.885 bits per heavy atom. The summed E-state index contributed by atoms with van der Waals surface area (Å²) in [4.78, 5) is 0. The fourth-order valence-electron chi connectivity index (χ4n) is 3.95. The lowest BCUT2D eigenvalue weighted by Gasteiger charge is -2.34. The minimum Gasteiger partial charge on any atom is -0.384 e. The van der Waals surface area contributed by atoms with Crippen molar-refractivity contribution >= 4 is 16.5 Å². The molecule has 0 aliphatic rings. The third-order valence-electron chi connectivity index (χ3n) is 5.82. The normalized spacial score (nSPS) is 11.5. The first-order valence-electron chi connectivity index (χ1n) is 9.58. The van der Waals surface area contributed by atoms with Crippen molar-refractivity contribution in [3.8, 4) is 0 Å². The van der Waals surface area contributed by atoms with Gasteiger partial charge in [-0.2, -0.15) is 0 Å². The number of rotatable bonds is 7. The molecule has 0 radical (unpaired) electrons. The van der Waals surface area contributed by atoms with E-state index in [0.717, 1.165) is 25.1 Å². The van der Waals surface area contributed by atoms with E-state index in [4.69, 9.17) is 0 Å². The van der Waals surface area contributed by atoms with Crippen LogP contribution >= 0.6 is 0 Å². The zero-order valence-electron chi connectivity index (χ0n) is 16.2. The molecule has 0 atom stereocenters. The van der Waals surface area contributed by atoms with E-state index in [0.29, 0.717) is 0 Å². The molecule has 134 valence electrons. The summed E-state index contributed by atoms with van der Waals surface area (Å²) in [5, 5.41) is 6.33. The number of benzene rings is 3. The minimum absolute atomic E-state index is 0.0898. The van der Waals surface area contributed by atoms with E-state index >= 15 is 0 Å². The van der Waals surface area contributed by atoms with Crippen molar-refractivity contribution in [3.05, 3.63) is 90.0 Å². The molecular weight excluding hydrogens is 314 g/mol. The maximum Gasteiger partial charge on any atom is 0.0343 e. The number of hydrogen-bond donors (Lipinski definition) is 1. The zero-order chi connectivity index (χ0) is 18.6. The Hall–Kier alpha value is -2.54. The summed E-state index contributed by atoms with van der Waals surface area (Å²) in [6, 6.07) is 23.8. The second kappa shape index (κ2) is 7.78. The summed E-state index contributed by atoms with van der Waals surface area (Å²) in [5.41, 5.74) is 4.99. The molecule has 1 N–H and O–H groups in total. The SMILES string of the molecule is C=C(NCC(CC)(CC)c1cccc2ccccc12)c1ccccc1C. The molecule has 0 fully saturated rings. The molecule has 3 aromatic carbocycles. The van der Waals surface area contributed by atoms with Crippen LogP contribution in [0.3, 0.4) is 0 Å². The quantitative estimate of drug-likeness (QED) is 0.518. The zero-order valence-corrected chi connectivity index (χ0v) is 16.2. The number of nitrogens with one attached hydrogen (secondary N) is 1. The van der Waals surface area contributed by atoms with Gasteiger partial charge in [-0.05, 0) is 47.2 Å². The highest BCUT2D eigenvalue weighted by atomic mass is 14.9. The molecule has 0 spiro atoms. The highest BCUT2D eigenvalue weighted by Crippen LogP contribution is 2.36. The number of fused-ring (bicyclic) bond motifs is 1. The molecule has 0 unspecified atom stereocenters. The van der Waals surface area contributed by atoms with E-state index in [1.165, 1.54) is 27.5 Å². The smallest absolute Gasteiger partial charge is 0.0343 e. The van der Waals surface area contributed by atoms with Crippen LogP contribution in [0.25, 0.3) is 16.5 Å². The van der Waals surface area contributed by atoms with Crippen LogP contribution in [0.1, 0.15) is 43.4 Å². The summed E-state index contributed by atoms with van der Waals surface area (Å²) in [7, 11) is 0. The number of aryl methyl sites for hydroxylation is 1. The predicted molar refractivity (Wildman–Crippen MR) is 114 cm³/mol. The summed E-state index contributed by atoms with van der Waals surface area (Å²) in [6.07, 6.45) is 2.18. The van der Waals surface area contributed by atoms with Crippen molar-refractivity contribution in [2.45, 2.75) is 39.0 Å². The van der Waals surface area contributed by atoms with E-state index < -0.39 is 0 Å². The first-order chi connectivity index (χ1) is 12.6. The molecule has 0 aliphatic heterocycles. The largest absolute Gasteiger partial charge is 0.384 e. The lowest BCUT2D eigenvalue weighted by atomic mass is 9.74. The van der Waals surface area contributed by atoms with E-state index in [-0.39, 0.29) is 5.41 Å². The van der Waals surface area contributed by atoms with Crippen molar-refractivity contribution in [1.82, 2.24) is 5.32 Å². The van der Waals surface area contributed by atoms with Gasteiger partial charge in [0.2, 0.25) is 0 Å². The third kappa shape index (κ3) is 3.39. The molecule has 0 aromatic heterocycles. The van der Waals surface area contributed by atoms with Crippen LogP contribution in [-0.4, -0.2) is 6.54 Å². The second-order valence-corrected chi connectivity index (χ2v) is 7.16. The molecule has 3 rings (SSSR count). The van der Waals surface area contributed by atoms with Gasteiger partial charge in [-0.1, -0.05) is 87.2 Å². The summed E-state index contributed by atoms with van der Waals surface area (Å²) >= 11 is 0. The summed E-state index contributed by atoms with van der Waals surface area (Å²) in [6.45, 7) is 11.9. The summed E-state index contributed by atoms with van der Waals surface area (Å²) < 4.78 is 0. The molecule has 26 heavy (non-hydrogen) atoms. The fourth-order valence-corrected chi connectivity index (χ4v) is 3.95. The van der Waals surface area contributed by atoms with Gasteiger partial charge in [-0.3, -0.25) is 0 Å². The average molecular weight is 344 g/mol. The van der Waals surface area contributed by atoms with Gasteiger partial charge in [0.1, 0.15) is 0 Å². The Labute approximate surface area is 157 Å². The highest BCUT2D eigenvalue weighted by Gasteiger charge is 2.30. The molecule has 0 saturated heterocycles. The van der Waals surface area contributed by atoms with Crippen LogP contribution in [-0.2, 0) is 5.41 Å².